The summed E-state index contributed by atoms with van der Waals surface area (Å²) in [6.07, 6.45) is 1.56. The van der Waals surface area contributed by atoms with Crippen LogP contribution >= 0.6 is 0 Å². The maximum atomic E-state index is 13.1. The number of carbonyl (C=O) groups is 2. The fourth-order valence-electron chi connectivity index (χ4n) is 3.18. The van der Waals surface area contributed by atoms with Crippen LogP contribution in [0.15, 0.2) is 66.4 Å². The van der Waals surface area contributed by atoms with E-state index in [0.717, 1.165) is 5.56 Å². The lowest BCUT2D eigenvalue weighted by Gasteiger charge is -2.08. The van der Waals surface area contributed by atoms with Crippen LogP contribution in [0.3, 0.4) is 0 Å². The molecule has 4 rings (SSSR count). The number of hydrogen-bond acceptors (Lipinski definition) is 4. The van der Waals surface area contributed by atoms with Crippen LogP contribution in [0.1, 0.15) is 37.4 Å². The molecule has 0 unspecified atom stereocenters. The van der Waals surface area contributed by atoms with Gasteiger partial charge in [0.25, 0.3) is 0 Å². The molecule has 0 saturated carbocycles. The Morgan fingerprint density at radius 2 is 1.79 bits per heavy atom. The van der Waals surface area contributed by atoms with E-state index in [-0.39, 0.29) is 17.4 Å². The Morgan fingerprint density at radius 1 is 1.03 bits per heavy atom. The van der Waals surface area contributed by atoms with Gasteiger partial charge < -0.3 is 9.47 Å². The molecule has 0 saturated heterocycles. The van der Waals surface area contributed by atoms with Crippen LogP contribution in [0, 0.1) is 19.7 Å². The Kier molecular flexibility index (Phi) is 4.72. The van der Waals surface area contributed by atoms with Crippen LogP contribution in [0.5, 0.6) is 11.5 Å². The van der Waals surface area contributed by atoms with E-state index in [1.54, 1.807) is 49.4 Å². The maximum Gasteiger partial charge on any atom is 0.343 e. The average Bonchev–Trinajstić information content (AvgIpc) is 2.99. The topological polar surface area (TPSA) is 52.6 Å². The monoisotopic (exact) mass is 388 g/mol. The molecule has 5 heteroatoms. The molecule has 0 aliphatic carbocycles. The van der Waals surface area contributed by atoms with E-state index >= 15 is 0 Å². The van der Waals surface area contributed by atoms with Gasteiger partial charge in [-0.25, -0.2) is 9.18 Å². The predicted octanol–water partition coefficient (Wildman–Crippen LogP) is 5.28. The third kappa shape index (κ3) is 3.80. The molecule has 0 radical (unpaired) electrons. The van der Waals surface area contributed by atoms with Gasteiger partial charge in [-0.15, -0.1) is 0 Å². The van der Waals surface area contributed by atoms with Gasteiger partial charge in [0.1, 0.15) is 17.3 Å². The summed E-state index contributed by atoms with van der Waals surface area (Å²) in [5, 5.41) is 0. The number of halogens is 1. The van der Waals surface area contributed by atoms with E-state index in [1.807, 2.05) is 13.0 Å². The number of ether oxygens (including phenoxy) is 2. The molecule has 4 nitrogen and oxygen atoms in total. The normalized spacial score (nSPS) is 13.9. The van der Waals surface area contributed by atoms with Gasteiger partial charge >= 0.3 is 5.97 Å². The van der Waals surface area contributed by atoms with Crippen molar-refractivity contribution in [1.82, 2.24) is 0 Å². The third-order valence-electron chi connectivity index (χ3n) is 4.58. The highest BCUT2D eigenvalue weighted by atomic mass is 19.1. The molecule has 3 aromatic carbocycles. The number of fused-ring (bicyclic) bond motifs is 1. The maximum absolute atomic E-state index is 13.1. The van der Waals surface area contributed by atoms with E-state index in [2.05, 4.69) is 0 Å². The first-order valence-corrected chi connectivity index (χ1v) is 9.04. The molecule has 0 spiro atoms. The van der Waals surface area contributed by atoms with Crippen molar-refractivity contribution in [2.45, 2.75) is 13.8 Å². The summed E-state index contributed by atoms with van der Waals surface area (Å²) in [5.74, 6) is -0.348. The number of aryl methyl sites for hydroxylation is 2. The summed E-state index contributed by atoms with van der Waals surface area (Å²) < 4.78 is 24.3. The quantitative estimate of drug-likeness (QED) is 0.348. The zero-order chi connectivity index (χ0) is 20.5. The summed E-state index contributed by atoms with van der Waals surface area (Å²) in [5.41, 5.74) is 3.10. The molecule has 1 aliphatic rings. The van der Waals surface area contributed by atoms with E-state index in [0.29, 0.717) is 33.8 Å². The van der Waals surface area contributed by atoms with Gasteiger partial charge in [0.05, 0.1) is 11.1 Å². The Balaban J connectivity index is 1.60. The molecule has 0 atom stereocenters. The second-order valence-corrected chi connectivity index (χ2v) is 6.86. The Labute approximate surface area is 167 Å². The van der Waals surface area contributed by atoms with Crippen molar-refractivity contribution in [2.75, 3.05) is 0 Å². The summed E-state index contributed by atoms with van der Waals surface area (Å²) in [7, 11) is 0. The fraction of sp³-hybridized carbons (Fsp3) is 0.0833. The fourth-order valence-corrected chi connectivity index (χ4v) is 3.18. The zero-order valence-electron chi connectivity index (χ0n) is 15.9. The van der Waals surface area contributed by atoms with Gasteiger partial charge in [-0.1, -0.05) is 29.8 Å². The molecule has 0 aromatic heterocycles. The van der Waals surface area contributed by atoms with Crippen molar-refractivity contribution in [1.29, 1.82) is 0 Å². The van der Waals surface area contributed by atoms with Crippen LogP contribution in [0.4, 0.5) is 4.39 Å². The standard InChI is InChI=1S/C24H17FO4/c1-14-4-3-5-17(10-14)24(27)28-19-11-15(2)22-20(13-19)29-21(23(22)26)12-16-6-8-18(25)9-7-16/h3-13H,1-2H3/b21-12-. The molecule has 0 bridgehead atoms. The predicted molar refractivity (Wildman–Crippen MR) is 107 cm³/mol. The van der Waals surface area contributed by atoms with Crippen LogP contribution in [-0.4, -0.2) is 11.8 Å². The van der Waals surface area contributed by atoms with Gasteiger partial charge in [-0.3, -0.25) is 4.79 Å². The molecule has 0 amide bonds. The van der Waals surface area contributed by atoms with Gasteiger partial charge in [0.2, 0.25) is 5.78 Å². The third-order valence-corrected chi connectivity index (χ3v) is 4.58. The van der Waals surface area contributed by atoms with Crippen molar-refractivity contribution in [3.8, 4) is 11.5 Å². The Bertz CT molecular complexity index is 1160. The van der Waals surface area contributed by atoms with Gasteiger partial charge in [0.15, 0.2) is 5.76 Å². The van der Waals surface area contributed by atoms with Crippen molar-refractivity contribution in [3.63, 3.8) is 0 Å². The molecule has 0 fully saturated rings. The average molecular weight is 388 g/mol. The first-order chi connectivity index (χ1) is 13.9. The molecule has 0 N–H and O–H groups in total. The minimum absolute atomic E-state index is 0.136. The van der Waals surface area contributed by atoms with Crippen molar-refractivity contribution >= 4 is 17.8 Å². The Hall–Kier alpha value is -3.73. The highest BCUT2D eigenvalue weighted by molar-refractivity contribution is 6.15. The highest BCUT2D eigenvalue weighted by Crippen LogP contribution is 2.37. The molecule has 144 valence electrons. The molecule has 1 heterocycles. The van der Waals surface area contributed by atoms with E-state index in [9.17, 15) is 14.0 Å². The molecule has 1 aliphatic heterocycles. The molecule has 29 heavy (non-hydrogen) atoms. The molecular formula is C24H17FO4. The second kappa shape index (κ2) is 7.36. The van der Waals surface area contributed by atoms with Crippen LogP contribution in [0.25, 0.3) is 6.08 Å². The number of hydrogen-bond donors (Lipinski definition) is 0. The SMILES string of the molecule is Cc1cccc(C(=O)Oc2cc(C)c3c(c2)O/C(=C\c2ccc(F)cc2)C3=O)c1. The Morgan fingerprint density at radius 3 is 2.52 bits per heavy atom. The lowest BCUT2D eigenvalue weighted by atomic mass is 10.0. The van der Waals surface area contributed by atoms with Crippen LogP contribution < -0.4 is 9.47 Å². The summed E-state index contributed by atoms with van der Waals surface area (Å²) in [6.45, 7) is 3.65. The van der Waals surface area contributed by atoms with Gasteiger partial charge in [0, 0.05) is 6.07 Å². The molecular weight excluding hydrogens is 371 g/mol. The first-order valence-electron chi connectivity index (χ1n) is 9.04. The minimum atomic E-state index is -0.487. The summed E-state index contributed by atoms with van der Waals surface area (Å²) in [6, 6.07) is 16.0. The number of benzene rings is 3. The summed E-state index contributed by atoms with van der Waals surface area (Å²) >= 11 is 0. The van der Waals surface area contributed by atoms with Gasteiger partial charge in [-0.2, -0.15) is 0 Å². The van der Waals surface area contributed by atoms with Crippen molar-refractivity contribution < 1.29 is 23.5 Å². The molecule has 3 aromatic rings. The van der Waals surface area contributed by atoms with Crippen LogP contribution in [-0.2, 0) is 0 Å². The van der Waals surface area contributed by atoms with Gasteiger partial charge in [-0.05, 0) is 61.4 Å². The number of esters is 1. The first kappa shape index (κ1) is 18.6. The van der Waals surface area contributed by atoms with E-state index in [4.69, 9.17) is 9.47 Å². The van der Waals surface area contributed by atoms with Crippen molar-refractivity contribution in [2.24, 2.45) is 0 Å². The number of ketones is 1. The number of rotatable bonds is 3. The number of carbonyl (C=O) groups excluding carboxylic acids is 2. The second-order valence-electron chi connectivity index (χ2n) is 6.86. The van der Waals surface area contributed by atoms with E-state index < -0.39 is 5.97 Å². The highest BCUT2D eigenvalue weighted by Gasteiger charge is 2.30. The van der Waals surface area contributed by atoms with E-state index in [1.165, 1.54) is 18.2 Å². The lowest BCUT2D eigenvalue weighted by molar-refractivity contribution is 0.0734. The number of Topliss-reactive ketones (excluding diaryl/α,β-unsaturated/α-hetero) is 1. The minimum Gasteiger partial charge on any atom is -0.452 e. The smallest absolute Gasteiger partial charge is 0.343 e. The largest absolute Gasteiger partial charge is 0.452 e. The zero-order valence-corrected chi connectivity index (χ0v) is 15.9. The van der Waals surface area contributed by atoms with Crippen molar-refractivity contribution in [3.05, 3.63) is 100 Å². The summed E-state index contributed by atoms with van der Waals surface area (Å²) in [4.78, 5) is 25.1. The van der Waals surface area contributed by atoms with Crippen LogP contribution in [0.2, 0.25) is 0 Å². The number of allylic oxidation sites excluding steroid dienone is 1. The lowest BCUT2D eigenvalue weighted by Crippen LogP contribution is -2.09.